The molecule has 44 heavy (non-hydrogen) atoms. The second-order valence-corrected chi connectivity index (χ2v) is 13.1. The van der Waals surface area contributed by atoms with Gasteiger partial charge < -0.3 is 29.3 Å². The van der Waals surface area contributed by atoms with E-state index in [1.165, 1.54) is 12.0 Å². The van der Waals surface area contributed by atoms with Gasteiger partial charge >= 0.3 is 12.1 Å². The third kappa shape index (κ3) is 6.10. The molecule has 3 fully saturated rings. The molecule has 10 nitrogen and oxygen atoms in total. The number of carbonyl (C=O) groups is 4. The van der Waals surface area contributed by atoms with Crippen molar-refractivity contribution in [1.82, 2.24) is 15.1 Å². The van der Waals surface area contributed by atoms with Gasteiger partial charge in [-0.15, -0.1) is 0 Å². The fourth-order valence-corrected chi connectivity index (χ4v) is 8.08. The number of methoxy groups -OCH3 is 1. The third-order valence-corrected chi connectivity index (χ3v) is 10.4. The summed E-state index contributed by atoms with van der Waals surface area (Å²) < 4.78 is 17.8. The number of hydrogen-bond acceptors (Lipinski definition) is 7. The molecule has 0 radical (unpaired) electrons. The van der Waals surface area contributed by atoms with Crippen molar-refractivity contribution in [2.75, 3.05) is 20.2 Å². The zero-order valence-electron chi connectivity index (χ0n) is 25.8. The van der Waals surface area contributed by atoms with Gasteiger partial charge in [-0.25, -0.2) is 9.59 Å². The van der Waals surface area contributed by atoms with E-state index >= 15 is 0 Å². The minimum Gasteiger partial charge on any atom is -0.467 e. The van der Waals surface area contributed by atoms with Crippen molar-refractivity contribution in [2.24, 2.45) is 11.8 Å². The number of amides is 3. The Hall–Kier alpha value is -3.40. The Balaban J connectivity index is 1.33. The molecular weight excluding hydrogens is 562 g/mol. The van der Waals surface area contributed by atoms with Crippen molar-refractivity contribution in [3.8, 4) is 0 Å². The molecule has 2 bridgehead atoms. The molecule has 7 atom stereocenters. The summed E-state index contributed by atoms with van der Waals surface area (Å²) in [6.45, 7) is 2.70. The molecule has 3 aliphatic heterocycles. The van der Waals surface area contributed by atoms with Crippen LogP contribution in [0.15, 0.2) is 36.4 Å². The van der Waals surface area contributed by atoms with E-state index in [-0.39, 0.29) is 48.6 Å². The first-order chi connectivity index (χ1) is 21.4. The normalized spacial score (nSPS) is 34.2. The Morgan fingerprint density at radius 3 is 2.55 bits per heavy atom. The van der Waals surface area contributed by atoms with Crippen LogP contribution in [0.3, 0.4) is 0 Å². The fraction of sp³-hybridized carbons (Fsp3) is 0.647. The van der Waals surface area contributed by atoms with Gasteiger partial charge in [0.15, 0.2) is 0 Å². The topological polar surface area (TPSA) is 114 Å². The van der Waals surface area contributed by atoms with Gasteiger partial charge in [-0.1, -0.05) is 50.1 Å². The second kappa shape index (κ2) is 13.3. The van der Waals surface area contributed by atoms with Crippen molar-refractivity contribution >= 4 is 23.9 Å². The summed E-state index contributed by atoms with van der Waals surface area (Å²) in [6.07, 6.45) is 10.5. The third-order valence-electron chi connectivity index (χ3n) is 10.4. The molecule has 3 heterocycles. The Bertz CT molecular complexity index is 1280. The molecule has 1 N–H and O–H groups in total. The Kier molecular flexibility index (Phi) is 9.26. The van der Waals surface area contributed by atoms with Gasteiger partial charge in [0.25, 0.3) is 5.91 Å². The molecule has 10 heteroatoms. The molecule has 2 saturated carbocycles. The molecule has 1 saturated heterocycles. The predicted octanol–water partition coefficient (Wildman–Crippen LogP) is 4.53. The van der Waals surface area contributed by atoms with Gasteiger partial charge in [-0.05, 0) is 68.4 Å². The average molecular weight is 608 g/mol. The van der Waals surface area contributed by atoms with Gasteiger partial charge in [-0.2, -0.15) is 0 Å². The molecular formula is C34H45N3O7. The van der Waals surface area contributed by atoms with Crippen molar-refractivity contribution in [2.45, 2.75) is 108 Å². The van der Waals surface area contributed by atoms with E-state index in [4.69, 9.17) is 14.2 Å². The number of esters is 1. The largest absolute Gasteiger partial charge is 0.467 e. The number of rotatable bonds is 2. The fourth-order valence-electron chi connectivity index (χ4n) is 8.08. The number of ether oxygens (including phenoxy) is 3. The van der Waals surface area contributed by atoms with Gasteiger partial charge in [0.05, 0.1) is 13.2 Å². The maximum Gasteiger partial charge on any atom is 0.408 e. The minimum absolute atomic E-state index is 0.0378. The molecule has 0 aromatic heterocycles. The molecule has 2 aliphatic carbocycles. The maximum atomic E-state index is 14.3. The molecule has 238 valence electrons. The number of allylic oxidation sites excluding steroid dienone is 1. The van der Waals surface area contributed by atoms with Gasteiger partial charge in [-0.3, -0.25) is 9.59 Å². The molecule has 1 aromatic rings. The van der Waals surface area contributed by atoms with E-state index in [0.717, 1.165) is 56.9 Å². The van der Waals surface area contributed by atoms with Gasteiger partial charge in [0.1, 0.15) is 24.4 Å². The number of fused-ring (bicyclic) bond motifs is 5. The first-order valence-corrected chi connectivity index (χ1v) is 16.4. The summed E-state index contributed by atoms with van der Waals surface area (Å²) in [5, 5.41) is 2.94. The highest BCUT2D eigenvalue weighted by Gasteiger charge is 2.48. The molecule has 5 aliphatic rings. The second-order valence-electron chi connectivity index (χ2n) is 13.1. The maximum absolute atomic E-state index is 14.3. The minimum atomic E-state index is -0.848. The summed E-state index contributed by atoms with van der Waals surface area (Å²) in [5.41, 5.74) is 1.62. The smallest absolute Gasteiger partial charge is 0.408 e. The summed E-state index contributed by atoms with van der Waals surface area (Å²) in [6, 6.07) is 6.01. The van der Waals surface area contributed by atoms with Crippen LogP contribution < -0.4 is 5.32 Å². The highest BCUT2D eigenvalue weighted by molar-refractivity contribution is 5.97. The number of hydrogen-bond donors (Lipinski definition) is 1. The first-order valence-electron chi connectivity index (χ1n) is 16.4. The standard InChI is InChI=1S/C34H45N3O7/c1-21-25-15-7-8-16-26(25)30(38)36-18-9-3-4-11-22-14-10-17-28(22)44-34(41)35-29(23-12-5-6-13-23)31(39)37-20-24(43-32(21)36)19-27(37)33(40)42-2/h3-4,7-8,15-16,21-24,27-29,32H,5-6,9-14,17-20H2,1-2H3,(H,35,41)/b4-3+/t21?,22-,24-,27+,28-,29+,32?/m1/s1. The van der Waals surface area contributed by atoms with Gasteiger partial charge in [0, 0.05) is 31.0 Å². The van der Waals surface area contributed by atoms with E-state index in [2.05, 4.69) is 24.4 Å². The molecule has 2 unspecified atom stereocenters. The van der Waals surface area contributed by atoms with Crippen LogP contribution in [-0.4, -0.2) is 84.4 Å². The van der Waals surface area contributed by atoms with E-state index in [1.54, 1.807) is 4.90 Å². The van der Waals surface area contributed by atoms with Crippen LogP contribution in [0.25, 0.3) is 0 Å². The highest BCUT2D eigenvalue weighted by Crippen LogP contribution is 2.37. The molecule has 6 rings (SSSR count). The highest BCUT2D eigenvalue weighted by atomic mass is 16.6. The summed E-state index contributed by atoms with van der Waals surface area (Å²) in [4.78, 5) is 57.7. The zero-order chi connectivity index (χ0) is 30.8. The quantitative estimate of drug-likeness (QED) is 0.388. The Morgan fingerprint density at radius 1 is 0.977 bits per heavy atom. The van der Waals surface area contributed by atoms with Crippen LogP contribution in [-0.2, 0) is 23.8 Å². The van der Waals surface area contributed by atoms with Crippen molar-refractivity contribution in [3.05, 3.63) is 47.5 Å². The Labute approximate surface area is 259 Å². The lowest BCUT2D eigenvalue weighted by Gasteiger charge is -2.41. The molecule has 0 spiro atoms. The van der Waals surface area contributed by atoms with E-state index in [1.807, 2.05) is 24.3 Å². The number of carbonyl (C=O) groups excluding carboxylic acids is 4. The van der Waals surface area contributed by atoms with E-state index < -0.39 is 36.5 Å². The monoisotopic (exact) mass is 607 g/mol. The lowest BCUT2D eigenvalue weighted by molar-refractivity contribution is -0.152. The number of alkyl carbamates (subject to hydrolysis) is 1. The van der Waals surface area contributed by atoms with Crippen LogP contribution in [0, 0.1) is 11.8 Å². The van der Waals surface area contributed by atoms with Crippen LogP contribution in [0.2, 0.25) is 0 Å². The Morgan fingerprint density at radius 2 is 1.75 bits per heavy atom. The number of nitrogens with one attached hydrogen (secondary N) is 1. The van der Waals surface area contributed by atoms with E-state index in [0.29, 0.717) is 18.5 Å². The van der Waals surface area contributed by atoms with E-state index in [9.17, 15) is 19.2 Å². The van der Waals surface area contributed by atoms with Gasteiger partial charge in [0.2, 0.25) is 5.91 Å². The number of nitrogens with zero attached hydrogens (tertiary/aromatic N) is 2. The van der Waals surface area contributed by atoms with Crippen molar-refractivity contribution in [1.29, 1.82) is 0 Å². The lowest BCUT2D eigenvalue weighted by Crippen LogP contribution is -2.55. The molecule has 3 amide bonds. The zero-order valence-corrected chi connectivity index (χ0v) is 25.8. The summed E-state index contributed by atoms with van der Waals surface area (Å²) >= 11 is 0. The summed E-state index contributed by atoms with van der Waals surface area (Å²) in [5.74, 6) is -0.838. The van der Waals surface area contributed by atoms with Crippen molar-refractivity contribution < 1.29 is 33.4 Å². The van der Waals surface area contributed by atoms with Crippen LogP contribution >= 0.6 is 0 Å². The predicted molar refractivity (Wildman–Crippen MR) is 162 cm³/mol. The van der Waals surface area contributed by atoms with Crippen LogP contribution in [0.1, 0.15) is 93.0 Å². The lowest BCUT2D eigenvalue weighted by atomic mass is 9.88. The molecule has 1 aromatic carbocycles. The van der Waals surface area contributed by atoms with Crippen molar-refractivity contribution in [3.63, 3.8) is 0 Å². The first kappa shape index (κ1) is 30.6. The average Bonchev–Trinajstić information content (AvgIpc) is 3.80. The summed E-state index contributed by atoms with van der Waals surface area (Å²) in [7, 11) is 1.32. The van der Waals surface area contributed by atoms with Crippen LogP contribution in [0.4, 0.5) is 4.79 Å². The SMILES string of the molecule is COC(=O)[C@@H]1C[C@@H]2CN1C(=O)[C@H](C1CCCC1)NC(=O)O[C@@H]1CCC[C@H]1C/C=C/CCN1C(=O)c3ccccc3C(C)C1O2. The van der Waals surface area contributed by atoms with Crippen LogP contribution in [0.5, 0.6) is 0 Å². The number of benzene rings is 1.